The second-order valence-electron chi connectivity index (χ2n) is 6.99. The number of carbonyl (C=O) groups is 2. The van der Waals surface area contributed by atoms with Crippen molar-refractivity contribution in [3.8, 4) is 23.0 Å². The summed E-state index contributed by atoms with van der Waals surface area (Å²) in [4.78, 5) is 29.8. The van der Waals surface area contributed by atoms with Crippen molar-refractivity contribution in [1.82, 2.24) is 15.3 Å². The van der Waals surface area contributed by atoms with Gasteiger partial charge >= 0.3 is 5.97 Å². The van der Waals surface area contributed by atoms with Gasteiger partial charge in [0.1, 0.15) is 28.7 Å². The Balaban J connectivity index is 0.000000196. The molecule has 10 heteroatoms. The van der Waals surface area contributed by atoms with Gasteiger partial charge in [0.25, 0.3) is 5.91 Å². The van der Waals surface area contributed by atoms with Crippen LogP contribution < -0.4 is 26.3 Å². The zero-order valence-corrected chi connectivity index (χ0v) is 18.7. The Morgan fingerprint density at radius 2 is 1.20 bits per heavy atom. The summed E-state index contributed by atoms with van der Waals surface area (Å²) >= 11 is 0. The van der Waals surface area contributed by atoms with Crippen molar-refractivity contribution >= 4 is 23.3 Å². The number of nitrogen functional groups attached to an aromatic ring is 2. The second-order valence-corrected chi connectivity index (χ2v) is 6.99. The van der Waals surface area contributed by atoms with Crippen LogP contribution in [0, 0.1) is 0 Å². The number of hydrogen-bond donors (Lipinski definition) is 4. The maximum atomic E-state index is 11.4. The molecule has 0 aliphatic carbocycles. The molecule has 0 atom stereocenters. The van der Waals surface area contributed by atoms with Crippen LogP contribution in [-0.4, -0.2) is 34.0 Å². The van der Waals surface area contributed by atoms with Crippen LogP contribution in [0.3, 0.4) is 0 Å². The highest BCUT2D eigenvalue weighted by molar-refractivity contribution is 5.92. The molecule has 2 aromatic heterocycles. The van der Waals surface area contributed by atoms with Crippen molar-refractivity contribution in [1.29, 1.82) is 0 Å². The number of nitrogens with two attached hydrogens (primary N) is 2. The Morgan fingerprint density at radius 3 is 1.66 bits per heavy atom. The predicted octanol–water partition coefficient (Wildman–Crippen LogP) is 3.97. The SMILES string of the molecule is CNC(=O)c1cc(Oc2cccc(N)c2)ccn1.Nc1cccc(Oc2ccnc(C(=O)O)c2)c1. The Bertz CT molecular complexity index is 1330. The van der Waals surface area contributed by atoms with Crippen molar-refractivity contribution < 1.29 is 24.2 Å². The molecule has 0 saturated carbocycles. The number of aromatic nitrogens is 2. The Morgan fingerprint density at radius 1 is 0.743 bits per heavy atom. The molecule has 1 amide bonds. The molecule has 4 rings (SSSR count). The lowest BCUT2D eigenvalue weighted by molar-refractivity contribution is 0.0689. The van der Waals surface area contributed by atoms with Gasteiger partial charge < -0.3 is 31.4 Å². The minimum Gasteiger partial charge on any atom is -0.477 e. The van der Waals surface area contributed by atoms with Gasteiger partial charge in [0.05, 0.1) is 0 Å². The maximum absolute atomic E-state index is 11.4. The van der Waals surface area contributed by atoms with E-state index in [0.717, 1.165) is 0 Å². The number of ether oxygens (including phenoxy) is 2. The number of carboxylic acid groups (broad SMARTS) is 1. The highest BCUT2D eigenvalue weighted by atomic mass is 16.5. The Kier molecular flexibility index (Phi) is 8.17. The minimum absolute atomic E-state index is 0.0635. The summed E-state index contributed by atoms with van der Waals surface area (Å²) in [6.45, 7) is 0. The van der Waals surface area contributed by atoms with Crippen LogP contribution in [0.15, 0.2) is 85.2 Å². The number of nitrogens with zero attached hydrogens (tertiary/aromatic N) is 2. The van der Waals surface area contributed by atoms with Gasteiger partial charge in [-0.1, -0.05) is 12.1 Å². The van der Waals surface area contributed by atoms with Crippen molar-refractivity contribution in [2.24, 2.45) is 0 Å². The van der Waals surface area contributed by atoms with E-state index in [9.17, 15) is 9.59 Å². The molecule has 4 aromatic rings. The van der Waals surface area contributed by atoms with Crippen molar-refractivity contribution in [2.45, 2.75) is 0 Å². The van der Waals surface area contributed by atoms with Crippen LogP contribution >= 0.6 is 0 Å². The van der Waals surface area contributed by atoms with Crippen molar-refractivity contribution in [3.05, 3.63) is 96.6 Å². The van der Waals surface area contributed by atoms with Crippen LogP contribution in [0.2, 0.25) is 0 Å². The molecule has 0 unspecified atom stereocenters. The van der Waals surface area contributed by atoms with E-state index in [1.54, 1.807) is 73.8 Å². The monoisotopic (exact) mass is 473 g/mol. The van der Waals surface area contributed by atoms with E-state index in [4.69, 9.17) is 26.0 Å². The van der Waals surface area contributed by atoms with E-state index in [2.05, 4.69) is 15.3 Å². The minimum atomic E-state index is -1.09. The predicted molar refractivity (Wildman–Crippen MR) is 131 cm³/mol. The van der Waals surface area contributed by atoms with Gasteiger partial charge in [-0.15, -0.1) is 0 Å². The number of carboxylic acids is 1. The first-order valence-corrected chi connectivity index (χ1v) is 10.3. The lowest BCUT2D eigenvalue weighted by Crippen LogP contribution is -2.18. The zero-order chi connectivity index (χ0) is 25.2. The Hall–Kier alpha value is -5.12. The highest BCUT2D eigenvalue weighted by Crippen LogP contribution is 2.24. The molecule has 0 aliphatic heterocycles. The van der Waals surface area contributed by atoms with Gasteiger partial charge in [-0.2, -0.15) is 0 Å². The first-order chi connectivity index (χ1) is 16.8. The van der Waals surface area contributed by atoms with Gasteiger partial charge in [0.15, 0.2) is 5.69 Å². The van der Waals surface area contributed by atoms with E-state index >= 15 is 0 Å². The molecule has 0 aliphatic rings. The van der Waals surface area contributed by atoms with E-state index in [1.807, 2.05) is 0 Å². The fraction of sp³-hybridized carbons (Fsp3) is 0.0400. The molecule has 0 radical (unpaired) electrons. The lowest BCUT2D eigenvalue weighted by Gasteiger charge is -2.07. The summed E-state index contributed by atoms with van der Waals surface area (Å²) in [6.07, 6.45) is 2.90. The number of carbonyl (C=O) groups excluding carboxylic acids is 1. The van der Waals surface area contributed by atoms with Crippen molar-refractivity contribution in [2.75, 3.05) is 18.5 Å². The maximum Gasteiger partial charge on any atom is 0.354 e. The third kappa shape index (κ3) is 7.46. The first-order valence-electron chi connectivity index (χ1n) is 10.3. The van der Waals surface area contributed by atoms with Gasteiger partial charge in [0.2, 0.25) is 0 Å². The zero-order valence-electron chi connectivity index (χ0n) is 18.7. The number of aromatic carboxylic acids is 1. The van der Waals surface area contributed by atoms with Crippen LogP contribution in [0.5, 0.6) is 23.0 Å². The van der Waals surface area contributed by atoms with Crippen LogP contribution in [0.25, 0.3) is 0 Å². The fourth-order valence-electron chi connectivity index (χ4n) is 2.75. The fourth-order valence-corrected chi connectivity index (χ4v) is 2.75. The average molecular weight is 473 g/mol. The van der Waals surface area contributed by atoms with Crippen LogP contribution in [0.1, 0.15) is 21.0 Å². The number of hydrogen-bond acceptors (Lipinski definition) is 8. The van der Waals surface area contributed by atoms with Crippen molar-refractivity contribution in [3.63, 3.8) is 0 Å². The molecular weight excluding hydrogens is 450 g/mol. The van der Waals surface area contributed by atoms with Gasteiger partial charge in [0, 0.05) is 55.1 Å². The van der Waals surface area contributed by atoms with E-state index in [1.165, 1.54) is 18.5 Å². The summed E-state index contributed by atoms with van der Waals surface area (Å²) in [5.74, 6) is 0.754. The number of rotatable bonds is 6. The molecule has 178 valence electrons. The first kappa shape index (κ1) is 24.5. The number of pyridine rings is 2. The molecule has 2 aromatic carbocycles. The van der Waals surface area contributed by atoms with Gasteiger partial charge in [-0.25, -0.2) is 9.78 Å². The lowest BCUT2D eigenvalue weighted by atomic mass is 10.3. The molecule has 0 spiro atoms. The Labute approximate surface area is 201 Å². The third-order valence-electron chi connectivity index (χ3n) is 4.33. The molecule has 2 heterocycles. The largest absolute Gasteiger partial charge is 0.477 e. The van der Waals surface area contributed by atoms with E-state index in [-0.39, 0.29) is 11.6 Å². The number of amides is 1. The topological polar surface area (TPSA) is 163 Å². The number of benzene rings is 2. The summed E-state index contributed by atoms with van der Waals surface area (Å²) in [5, 5.41) is 11.3. The summed E-state index contributed by atoms with van der Waals surface area (Å²) in [7, 11) is 1.55. The van der Waals surface area contributed by atoms with E-state index < -0.39 is 5.97 Å². The number of anilines is 2. The molecule has 0 fully saturated rings. The molecule has 0 bridgehead atoms. The molecule has 6 N–H and O–H groups in total. The molecule has 0 saturated heterocycles. The van der Waals surface area contributed by atoms with Gasteiger partial charge in [-0.05, 0) is 36.4 Å². The van der Waals surface area contributed by atoms with Gasteiger partial charge in [-0.3, -0.25) is 9.78 Å². The quantitative estimate of drug-likeness (QED) is 0.303. The molecule has 35 heavy (non-hydrogen) atoms. The molecular formula is C25H23N5O5. The smallest absolute Gasteiger partial charge is 0.354 e. The standard InChI is InChI=1S/C13H13N3O2.C12H10N2O3/c1-15-13(17)12-8-11(5-6-16-12)18-10-4-2-3-9(14)7-10;13-8-2-1-3-9(6-8)17-10-4-5-14-11(7-10)12(15)16/h2-8H,14H2,1H3,(H,15,17);1-7H,13H2,(H,15,16). The summed E-state index contributed by atoms with van der Waals surface area (Å²) in [5.41, 5.74) is 12.7. The number of nitrogens with one attached hydrogen (secondary N) is 1. The second kappa shape index (κ2) is 11.7. The third-order valence-corrected chi connectivity index (χ3v) is 4.33. The average Bonchev–Trinajstić information content (AvgIpc) is 2.84. The summed E-state index contributed by atoms with van der Waals surface area (Å²) < 4.78 is 11.1. The normalized spacial score (nSPS) is 9.86. The highest BCUT2D eigenvalue weighted by Gasteiger charge is 2.07. The summed E-state index contributed by atoms with van der Waals surface area (Å²) in [6, 6.07) is 20.1. The molecule has 10 nitrogen and oxygen atoms in total. The van der Waals surface area contributed by atoms with Crippen LogP contribution in [-0.2, 0) is 0 Å². The van der Waals surface area contributed by atoms with Crippen LogP contribution in [0.4, 0.5) is 11.4 Å². The van der Waals surface area contributed by atoms with E-state index in [0.29, 0.717) is 40.1 Å².